The second-order valence-electron chi connectivity index (χ2n) is 11.1. The number of carbonyl (C=O) groups excluding carboxylic acids is 1. The van der Waals surface area contributed by atoms with Gasteiger partial charge in [-0.1, -0.05) is 56.6 Å². The fraction of sp³-hybridized carbons (Fsp3) is 0.310. The number of carbonyl (C=O) groups is 1. The van der Waals surface area contributed by atoms with Crippen LogP contribution in [0.2, 0.25) is 5.02 Å². The van der Waals surface area contributed by atoms with E-state index in [-0.39, 0.29) is 17.9 Å². The molecule has 2 aromatic carbocycles. The summed E-state index contributed by atoms with van der Waals surface area (Å²) in [5, 5.41) is 11.0. The number of nitrogens with one attached hydrogen (secondary N) is 2. The number of halogens is 2. The van der Waals surface area contributed by atoms with Crippen molar-refractivity contribution in [1.29, 1.82) is 0 Å². The van der Waals surface area contributed by atoms with Gasteiger partial charge in [0.15, 0.2) is 11.5 Å². The van der Waals surface area contributed by atoms with E-state index in [0.717, 1.165) is 0 Å². The van der Waals surface area contributed by atoms with Crippen molar-refractivity contribution in [3.63, 3.8) is 0 Å². The highest BCUT2D eigenvalue weighted by Crippen LogP contribution is 2.46. The second-order valence-corrected chi connectivity index (χ2v) is 11.5. The highest BCUT2D eigenvalue weighted by Gasteiger charge is 2.54. The lowest BCUT2D eigenvalue weighted by molar-refractivity contribution is -0.135. The highest BCUT2D eigenvalue weighted by atomic mass is 35.5. The summed E-state index contributed by atoms with van der Waals surface area (Å²) in [6.45, 7) is 5.41. The molecule has 0 saturated heterocycles. The van der Waals surface area contributed by atoms with Gasteiger partial charge in [-0.25, -0.2) is 19.8 Å². The van der Waals surface area contributed by atoms with Gasteiger partial charge in [-0.2, -0.15) is 0 Å². The Kier molecular flexibility index (Phi) is 7.34. The number of hydrogen-bond acceptors (Lipinski definition) is 8. The van der Waals surface area contributed by atoms with Crippen LogP contribution in [0.3, 0.4) is 0 Å². The molecule has 0 aliphatic carbocycles. The normalized spacial score (nSPS) is 21.4. The van der Waals surface area contributed by atoms with Crippen molar-refractivity contribution in [3.8, 4) is 11.3 Å². The number of aliphatic imine (C=N–C) groups is 2. The molecule has 5 N–H and O–H groups in total. The summed E-state index contributed by atoms with van der Waals surface area (Å²) in [4.78, 5) is 28.9. The van der Waals surface area contributed by atoms with Gasteiger partial charge in [-0.15, -0.1) is 0 Å². The third-order valence-corrected chi connectivity index (χ3v) is 7.32. The number of nitrogens with zero attached hydrogens (tertiary/aromatic N) is 4. The molecule has 0 bridgehead atoms. The Balaban J connectivity index is 1.57. The molecule has 11 heteroatoms. The average molecular weight is 564 g/mol. The molecule has 2 aliphatic heterocycles. The van der Waals surface area contributed by atoms with Gasteiger partial charge in [0, 0.05) is 27.9 Å². The molecule has 0 fully saturated rings. The third-order valence-electron chi connectivity index (χ3n) is 6.98. The van der Waals surface area contributed by atoms with E-state index in [9.17, 15) is 9.90 Å². The molecule has 40 heavy (non-hydrogen) atoms. The van der Waals surface area contributed by atoms with Crippen molar-refractivity contribution >= 4 is 29.8 Å². The van der Waals surface area contributed by atoms with E-state index in [0.29, 0.717) is 27.4 Å². The maximum atomic E-state index is 15.9. The fourth-order valence-electron chi connectivity index (χ4n) is 5.34. The quantitative estimate of drug-likeness (QED) is 0.341. The van der Waals surface area contributed by atoms with Crippen LogP contribution in [0.5, 0.6) is 0 Å². The molecule has 0 saturated carbocycles. The first-order chi connectivity index (χ1) is 19.0. The predicted molar refractivity (Wildman–Crippen MR) is 153 cm³/mol. The maximum absolute atomic E-state index is 15.9. The van der Waals surface area contributed by atoms with Crippen LogP contribution in [0.25, 0.3) is 11.3 Å². The zero-order valence-corrected chi connectivity index (χ0v) is 23.2. The monoisotopic (exact) mass is 563 g/mol. The van der Waals surface area contributed by atoms with Crippen molar-refractivity contribution in [2.45, 2.75) is 44.9 Å². The predicted octanol–water partition coefficient (Wildman–Crippen LogP) is 4.20. The Morgan fingerprint density at radius 2 is 2.00 bits per heavy atom. The molecule has 2 aliphatic rings. The van der Waals surface area contributed by atoms with Crippen molar-refractivity contribution < 1.29 is 14.3 Å². The summed E-state index contributed by atoms with van der Waals surface area (Å²) in [5.74, 6) is -1.21. The van der Waals surface area contributed by atoms with Gasteiger partial charge in [0.05, 0.1) is 24.7 Å². The number of aliphatic hydroxyl groups excluding tert-OH is 1. The lowest BCUT2D eigenvalue weighted by Crippen LogP contribution is -2.47. The van der Waals surface area contributed by atoms with Gasteiger partial charge in [0.25, 0.3) is 5.91 Å². The fourth-order valence-corrected chi connectivity index (χ4v) is 5.56. The van der Waals surface area contributed by atoms with Gasteiger partial charge in [0.2, 0.25) is 0 Å². The van der Waals surface area contributed by atoms with Crippen LogP contribution in [0.4, 0.5) is 4.39 Å². The molecule has 1 aromatic heterocycles. The molecule has 3 aromatic rings. The Morgan fingerprint density at radius 3 is 2.62 bits per heavy atom. The molecule has 5 rings (SSSR count). The molecule has 0 spiro atoms. The average Bonchev–Trinajstić information content (AvgIpc) is 3.53. The first kappa shape index (κ1) is 27.7. The SMILES string of the molecule is CC(C)(C)C[C@]1(c2ccc(-c3ccccn3)cc2F)N=C(N)N([C@H](CO)c2ccc(Cl)c(C3N=CNN3)c2)C1=O. The largest absolute Gasteiger partial charge is 0.394 e. The Hall–Kier alpha value is -3.86. The number of nitrogens with two attached hydrogens (primary N) is 1. The molecule has 9 nitrogen and oxygen atoms in total. The van der Waals surface area contributed by atoms with Gasteiger partial charge in [-0.3, -0.25) is 14.7 Å². The minimum atomic E-state index is -1.63. The van der Waals surface area contributed by atoms with Gasteiger partial charge >= 0.3 is 0 Å². The number of guanidine groups is 1. The zero-order chi connectivity index (χ0) is 28.7. The second kappa shape index (κ2) is 10.6. The molecule has 1 amide bonds. The number of amides is 1. The molecular weight excluding hydrogens is 533 g/mol. The summed E-state index contributed by atoms with van der Waals surface area (Å²) in [5.41, 5.74) is 12.7. The van der Waals surface area contributed by atoms with Crippen molar-refractivity contribution in [2.24, 2.45) is 21.1 Å². The number of pyridine rings is 1. The summed E-state index contributed by atoms with van der Waals surface area (Å²) >= 11 is 6.43. The summed E-state index contributed by atoms with van der Waals surface area (Å²) in [7, 11) is 0. The van der Waals surface area contributed by atoms with Crippen molar-refractivity contribution in [3.05, 3.63) is 88.3 Å². The molecule has 1 unspecified atom stereocenters. The Morgan fingerprint density at radius 1 is 1.20 bits per heavy atom. The molecule has 3 heterocycles. The topological polar surface area (TPSA) is 128 Å². The summed E-state index contributed by atoms with van der Waals surface area (Å²) in [6.07, 6.45) is 2.89. The number of hydrogen-bond donors (Lipinski definition) is 4. The van der Waals surface area contributed by atoms with E-state index >= 15 is 4.39 Å². The number of aliphatic hydroxyl groups is 1. The van der Waals surface area contributed by atoms with Crippen LogP contribution in [-0.2, 0) is 10.3 Å². The molecular formula is C29H31ClFN7O2. The zero-order valence-electron chi connectivity index (χ0n) is 22.4. The van der Waals surface area contributed by atoms with E-state index in [4.69, 9.17) is 17.3 Å². The number of benzene rings is 2. The van der Waals surface area contributed by atoms with E-state index in [1.807, 2.05) is 26.8 Å². The van der Waals surface area contributed by atoms with E-state index in [1.165, 1.54) is 17.3 Å². The van der Waals surface area contributed by atoms with E-state index in [1.54, 1.807) is 48.7 Å². The maximum Gasteiger partial charge on any atom is 0.262 e. The van der Waals surface area contributed by atoms with Crippen molar-refractivity contribution in [1.82, 2.24) is 20.7 Å². The number of rotatable bonds is 7. The smallest absolute Gasteiger partial charge is 0.262 e. The number of hydrazine groups is 1. The van der Waals surface area contributed by atoms with Crippen LogP contribution in [0.15, 0.2) is 70.8 Å². The molecule has 208 valence electrons. The highest BCUT2D eigenvalue weighted by molar-refractivity contribution is 6.31. The molecule has 0 radical (unpaired) electrons. The summed E-state index contributed by atoms with van der Waals surface area (Å²) in [6, 6.07) is 14.3. The van der Waals surface area contributed by atoms with Gasteiger partial charge in [-0.05, 0) is 47.7 Å². The van der Waals surface area contributed by atoms with Crippen LogP contribution >= 0.6 is 11.6 Å². The van der Waals surface area contributed by atoms with Crippen LogP contribution in [0.1, 0.15) is 56.1 Å². The van der Waals surface area contributed by atoms with Crippen LogP contribution < -0.4 is 16.6 Å². The summed E-state index contributed by atoms with van der Waals surface area (Å²) < 4.78 is 15.9. The van der Waals surface area contributed by atoms with Gasteiger partial charge in [0.1, 0.15) is 12.0 Å². The minimum Gasteiger partial charge on any atom is -0.394 e. The van der Waals surface area contributed by atoms with Crippen LogP contribution in [-0.4, -0.2) is 39.8 Å². The Labute approximate surface area is 237 Å². The van der Waals surface area contributed by atoms with Gasteiger partial charge < -0.3 is 16.3 Å². The Bertz CT molecular complexity index is 1490. The molecule has 3 atom stereocenters. The number of aromatic nitrogens is 1. The third kappa shape index (κ3) is 5.05. The van der Waals surface area contributed by atoms with E-state index in [2.05, 4.69) is 25.8 Å². The standard InChI is InChI=1S/C29H31ClFN7O2/c1-28(2,3)15-29(20-9-7-17(13-22(20)31)23-6-4-5-11-33-23)26(40)38(27(32)36-29)24(14-39)18-8-10-21(30)19(12-18)25-34-16-35-37-25/h4-13,16,24-25,37,39H,14-15H2,1-3H3,(H2,32,36)(H,34,35)/t24-,25?,29-/m1/s1. The van der Waals surface area contributed by atoms with E-state index < -0.39 is 41.5 Å². The minimum absolute atomic E-state index is 0.100. The lowest BCUT2D eigenvalue weighted by Gasteiger charge is -2.34. The first-order valence-corrected chi connectivity index (χ1v) is 13.3. The lowest BCUT2D eigenvalue weighted by atomic mass is 9.75. The van der Waals surface area contributed by atoms with Crippen LogP contribution in [0, 0.1) is 11.2 Å². The first-order valence-electron chi connectivity index (χ1n) is 12.9. The van der Waals surface area contributed by atoms with Crippen molar-refractivity contribution in [2.75, 3.05) is 6.61 Å².